The molecule has 0 unspecified atom stereocenters. The van der Waals surface area contributed by atoms with Gasteiger partial charge in [-0.1, -0.05) is 12.8 Å². The minimum absolute atomic E-state index is 0.291. The lowest BCUT2D eigenvalue weighted by atomic mass is 11.3. The second-order valence-corrected chi connectivity index (χ2v) is 2.92. The van der Waals surface area contributed by atoms with Crippen LogP contribution in [-0.4, -0.2) is 13.9 Å². The van der Waals surface area contributed by atoms with E-state index in [1.807, 2.05) is 0 Å². The van der Waals surface area contributed by atoms with E-state index in [0.29, 0.717) is 0 Å². The number of terminal acetylenes is 2. The number of phosphoric ester groups is 1. The minimum atomic E-state index is -3.83. The van der Waals surface area contributed by atoms with Gasteiger partial charge in [0.2, 0.25) is 0 Å². The molecule has 0 aromatic heterocycles. The summed E-state index contributed by atoms with van der Waals surface area (Å²) in [6.45, 7) is -0.291. The first-order valence-electron chi connectivity index (χ1n) is 2.70. The molecule has 0 radical (unpaired) electrons. The SMILES string of the molecule is C#COP(=O)(OC#C)OCOC. The van der Waals surface area contributed by atoms with Crippen LogP contribution in [0.4, 0.5) is 0 Å². The third-order valence-electron chi connectivity index (χ3n) is 0.658. The van der Waals surface area contributed by atoms with Gasteiger partial charge >= 0.3 is 7.82 Å². The van der Waals surface area contributed by atoms with Crippen molar-refractivity contribution in [2.24, 2.45) is 0 Å². The molecule has 5 nitrogen and oxygen atoms in total. The molecule has 0 spiro atoms. The smallest absolute Gasteiger partial charge is 0.358 e. The van der Waals surface area contributed by atoms with Crippen molar-refractivity contribution < 1.29 is 22.9 Å². The molecule has 0 heterocycles. The van der Waals surface area contributed by atoms with E-state index >= 15 is 0 Å². The van der Waals surface area contributed by atoms with E-state index < -0.39 is 7.82 Å². The topological polar surface area (TPSA) is 54.0 Å². The summed E-state index contributed by atoms with van der Waals surface area (Å²) in [5, 5.41) is 0. The molecule has 12 heavy (non-hydrogen) atoms. The molecule has 0 aliphatic carbocycles. The van der Waals surface area contributed by atoms with E-state index in [-0.39, 0.29) is 6.79 Å². The maximum Gasteiger partial charge on any atom is 0.606 e. The van der Waals surface area contributed by atoms with E-state index in [9.17, 15) is 4.57 Å². The van der Waals surface area contributed by atoms with Gasteiger partial charge in [0.25, 0.3) is 0 Å². The van der Waals surface area contributed by atoms with Crippen LogP contribution in [0.15, 0.2) is 0 Å². The second kappa shape index (κ2) is 5.51. The Labute approximate surface area is 70.6 Å². The quantitative estimate of drug-likeness (QED) is 0.366. The van der Waals surface area contributed by atoms with Crippen molar-refractivity contribution >= 4 is 7.82 Å². The van der Waals surface area contributed by atoms with E-state index in [0.717, 1.165) is 0 Å². The minimum Gasteiger partial charge on any atom is -0.358 e. The van der Waals surface area contributed by atoms with Crippen molar-refractivity contribution in [3.63, 3.8) is 0 Å². The summed E-state index contributed by atoms with van der Waals surface area (Å²) >= 11 is 0. The largest absolute Gasteiger partial charge is 0.606 e. The maximum atomic E-state index is 11.1. The molecule has 0 atom stereocenters. The Kier molecular flexibility index (Phi) is 4.99. The fourth-order valence-corrected chi connectivity index (χ4v) is 0.953. The van der Waals surface area contributed by atoms with Crippen LogP contribution in [0, 0.1) is 25.1 Å². The highest BCUT2D eigenvalue weighted by Crippen LogP contribution is 2.48. The molecule has 0 amide bonds. The summed E-state index contributed by atoms with van der Waals surface area (Å²) in [7, 11) is -2.50. The summed E-state index contributed by atoms with van der Waals surface area (Å²) < 4.78 is 28.4. The van der Waals surface area contributed by atoms with Crippen LogP contribution in [0.25, 0.3) is 0 Å². The molecule has 66 valence electrons. The first kappa shape index (κ1) is 10.9. The highest BCUT2D eigenvalue weighted by molar-refractivity contribution is 7.48. The van der Waals surface area contributed by atoms with Crippen molar-refractivity contribution in [1.29, 1.82) is 0 Å². The van der Waals surface area contributed by atoms with Crippen LogP contribution in [0.1, 0.15) is 0 Å². The first-order valence-corrected chi connectivity index (χ1v) is 4.16. The van der Waals surface area contributed by atoms with Gasteiger partial charge in [0.1, 0.15) is 12.2 Å². The van der Waals surface area contributed by atoms with E-state index in [1.54, 1.807) is 12.2 Å². The van der Waals surface area contributed by atoms with Crippen LogP contribution in [0.5, 0.6) is 0 Å². The predicted octanol–water partition coefficient (Wildman–Crippen LogP) is 0.930. The Morgan fingerprint density at radius 3 is 2.17 bits per heavy atom. The lowest BCUT2D eigenvalue weighted by Gasteiger charge is -2.09. The van der Waals surface area contributed by atoms with Gasteiger partial charge in [-0.25, -0.2) is 9.09 Å². The van der Waals surface area contributed by atoms with Crippen molar-refractivity contribution in [3.8, 4) is 25.1 Å². The van der Waals surface area contributed by atoms with Gasteiger partial charge < -0.3 is 13.8 Å². The molecule has 0 N–H and O–H groups in total. The lowest BCUT2D eigenvalue weighted by molar-refractivity contribution is 0.0281. The highest BCUT2D eigenvalue weighted by atomic mass is 31.2. The summed E-state index contributed by atoms with van der Waals surface area (Å²) in [5.74, 6) is 0. The molecule has 0 rings (SSSR count). The van der Waals surface area contributed by atoms with Crippen molar-refractivity contribution in [2.75, 3.05) is 13.9 Å². The van der Waals surface area contributed by atoms with Gasteiger partial charge in [-0.15, -0.1) is 0 Å². The molecule has 0 fully saturated rings. The molecule has 0 saturated carbocycles. The second-order valence-electron chi connectivity index (χ2n) is 1.40. The zero-order valence-electron chi connectivity index (χ0n) is 6.35. The monoisotopic (exact) mass is 190 g/mol. The molecular weight excluding hydrogens is 183 g/mol. The summed E-state index contributed by atoms with van der Waals surface area (Å²) in [4.78, 5) is 0. The number of ether oxygens (including phenoxy) is 1. The molecule has 0 saturated heterocycles. The van der Waals surface area contributed by atoms with Crippen LogP contribution >= 0.6 is 7.82 Å². The molecule has 0 bridgehead atoms. The normalized spacial score (nSPS) is 9.58. The van der Waals surface area contributed by atoms with E-state index in [2.05, 4.69) is 18.3 Å². The Morgan fingerprint density at radius 2 is 1.83 bits per heavy atom. The highest BCUT2D eigenvalue weighted by Gasteiger charge is 2.28. The van der Waals surface area contributed by atoms with Crippen molar-refractivity contribution in [1.82, 2.24) is 0 Å². The van der Waals surface area contributed by atoms with E-state index in [1.165, 1.54) is 7.11 Å². The Bertz CT molecular complexity index is 228. The van der Waals surface area contributed by atoms with Crippen LogP contribution in [0.3, 0.4) is 0 Å². The lowest BCUT2D eigenvalue weighted by Crippen LogP contribution is -1.97. The third-order valence-corrected chi connectivity index (χ3v) is 1.74. The number of hydrogen-bond donors (Lipinski definition) is 0. The van der Waals surface area contributed by atoms with Gasteiger partial charge in [-0.05, 0) is 0 Å². The Balaban J connectivity index is 4.13. The average Bonchev–Trinajstić information content (AvgIpc) is 2.02. The summed E-state index contributed by atoms with van der Waals surface area (Å²) in [6.07, 6.45) is 12.7. The van der Waals surface area contributed by atoms with Gasteiger partial charge in [-0.3, -0.25) is 0 Å². The molecule has 6 heteroatoms. The molecule has 0 aliphatic heterocycles. The van der Waals surface area contributed by atoms with Crippen LogP contribution in [0.2, 0.25) is 0 Å². The summed E-state index contributed by atoms with van der Waals surface area (Å²) in [6, 6.07) is 0. The Morgan fingerprint density at radius 1 is 1.33 bits per heavy atom. The first-order chi connectivity index (χ1) is 5.68. The van der Waals surface area contributed by atoms with Gasteiger partial charge in [0.15, 0.2) is 6.79 Å². The maximum absolute atomic E-state index is 11.1. The molecule has 0 aliphatic rings. The number of methoxy groups -OCH3 is 1. The number of phosphoric acid groups is 1. The molecule has 0 aromatic rings. The molecular formula is C6H7O5P. The fourth-order valence-electron chi connectivity index (χ4n) is 0.318. The van der Waals surface area contributed by atoms with Crippen LogP contribution < -0.4 is 0 Å². The predicted molar refractivity (Wildman–Crippen MR) is 40.4 cm³/mol. The Hall–Kier alpha value is -1.13. The fraction of sp³-hybridized carbons (Fsp3) is 0.333. The average molecular weight is 190 g/mol. The number of rotatable bonds is 5. The van der Waals surface area contributed by atoms with Gasteiger partial charge in [0, 0.05) is 7.11 Å². The third kappa shape index (κ3) is 3.90. The van der Waals surface area contributed by atoms with E-state index in [4.69, 9.17) is 12.8 Å². The zero-order chi connectivity index (χ0) is 9.45. The molecule has 0 aromatic carbocycles. The van der Waals surface area contributed by atoms with Crippen molar-refractivity contribution in [3.05, 3.63) is 0 Å². The number of hydrogen-bond acceptors (Lipinski definition) is 5. The zero-order valence-corrected chi connectivity index (χ0v) is 7.24. The standard InChI is InChI=1S/C6H7O5P/c1-4-9-12(7,10-5-2)11-6-8-3/h1-2H,6H2,3H3. The summed E-state index contributed by atoms with van der Waals surface area (Å²) in [5.41, 5.74) is 0. The van der Waals surface area contributed by atoms with Gasteiger partial charge in [-0.2, -0.15) is 0 Å². The van der Waals surface area contributed by atoms with Gasteiger partial charge in [0.05, 0.1) is 0 Å². The van der Waals surface area contributed by atoms with Crippen molar-refractivity contribution in [2.45, 2.75) is 0 Å². The van der Waals surface area contributed by atoms with Crippen LogP contribution in [-0.2, 0) is 22.9 Å².